The van der Waals surface area contributed by atoms with E-state index in [1.807, 2.05) is 0 Å². The summed E-state index contributed by atoms with van der Waals surface area (Å²) in [5, 5.41) is 12.4. The Morgan fingerprint density at radius 2 is 1.34 bits per heavy atom. The molecule has 11 heteroatoms. The van der Waals surface area contributed by atoms with Crippen LogP contribution in [0.15, 0.2) is 0 Å². The number of hydrogen-bond donors (Lipinski definition) is 2. The Morgan fingerprint density at radius 1 is 0.857 bits per heavy atom. The molecule has 35 heavy (non-hydrogen) atoms. The van der Waals surface area contributed by atoms with E-state index in [9.17, 15) is 9.90 Å². The number of carbonyl (C=O) groups excluding carboxylic acids is 1. The molecule has 0 fully saturated rings. The second-order valence-corrected chi connectivity index (χ2v) is 7.99. The van der Waals surface area contributed by atoms with E-state index in [0.29, 0.717) is 53.7 Å². The van der Waals surface area contributed by atoms with Gasteiger partial charge in [-0.05, 0) is 40.5 Å². The van der Waals surface area contributed by atoms with Crippen LogP contribution in [0.2, 0.25) is 0 Å². The second kappa shape index (κ2) is 14.8. The first-order valence-corrected chi connectivity index (χ1v) is 12.4. The highest BCUT2D eigenvalue weighted by molar-refractivity contribution is 5.93. The number of hydrogen-bond acceptors (Lipinski definition) is 11. The molecule has 0 bridgehead atoms. The van der Waals surface area contributed by atoms with E-state index < -0.39 is 6.10 Å². The first kappa shape index (κ1) is 28.8. The number of aliphatic hydroxyl groups excluding tert-OH is 1. The highest BCUT2D eigenvalue weighted by atomic mass is 16.5. The molecule has 0 aliphatic rings. The minimum absolute atomic E-state index is 0.0735. The molecule has 0 aliphatic carbocycles. The zero-order valence-electron chi connectivity index (χ0n) is 22.0. The first-order valence-electron chi connectivity index (χ1n) is 12.4. The Balaban J connectivity index is 2.84. The molecular weight excluding hydrogens is 450 g/mol. The molecule has 2 aromatic rings. The fraction of sp³-hybridized carbons (Fsp3) is 0.708. The summed E-state index contributed by atoms with van der Waals surface area (Å²) in [7, 11) is 3.24. The van der Waals surface area contributed by atoms with Crippen molar-refractivity contribution in [3.63, 3.8) is 0 Å². The summed E-state index contributed by atoms with van der Waals surface area (Å²) < 4.78 is 11.4. The Hall–Kier alpha value is -2.47. The number of nitrogens with one attached hydrogen (secondary N) is 1. The van der Waals surface area contributed by atoms with E-state index in [2.05, 4.69) is 42.8 Å². The molecule has 0 saturated heterocycles. The van der Waals surface area contributed by atoms with Crippen molar-refractivity contribution in [2.45, 2.75) is 52.7 Å². The summed E-state index contributed by atoms with van der Waals surface area (Å²) in [6, 6.07) is 0. The third kappa shape index (κ3) is 7.03. The van der Waals surface area contributed by atoms with Crippen molar-refractivity contribution in [3.8, 4) is 0 Å². The largest absolute Gasteiger partial charge is 0.396 e. The van der Waals surface area contributed by atoms with Crippen LogP contribution in [-0.2, 0) is 14.3 Å². The summed E-state index contributed by atoms with van der Waals surface area (Å²) in [6.45, 7) is 11.9. The van der Waals surface area contributed by atoms with Gasteiger partial charge in [0.15, 0.2) is 23.3 Å². The van der Waals surface area contributed by atoms with Crippen LogP contribution >= 0.6 is 0 Å². The van der Waals surface area contributed by atoms with Crippen LogP contribution in [0.4, 0.5) is 11.6 Å². The third-order valence-electron chi connectivity index (χ3n) is 5.99. The summed E-state index contributed by atoms with van der Waals surface area (Å²) in [5.41, 5.74) is 1.31. The maximum Gasteiger partial charge on any atom is 0.161 e. The molecule has 0 aliphatic heterocycles. The van der Waals surface area contributed by atoms with Crippen molar-refractivity contribution in [2.24, 2.45) is 0 Å². The van der Waals surface area contributed by atoms with Gasteiger partial charge in [0.05, 0.1) is 6.54 Å². The number of methoxy groups -OCH3 is 2. The molecule has 2 atom stereocenters. The lowest BCUT2D eigenvalue weighted by Gasteiger charge is -2.27. The lowest BCUT2D eigenvalue weighted by molar-refractivity contribution is -0.107. The fourth-order valence-corrected chi connectivity index (χ4v) is 3.98. The van der Waals surface area contributed by atoms with Gasteiger partial charge in [-0.3, -0.25) is 0 Å². The van der Waals surface area contributed by atoms with Crippen molar-refractivity contribution in [1.29, 1.82) is 0 Å². The van der Waals surface area contributed by atoms with Gasteiger partial charge in [0.1, 0.15) is 29.5 Å². The number of ether oxygens (including phenoxy) is 2. The predicted octanol–water partition coefficient (Wildman–Crippen LogP) is 2.05. The number of carbonyl (C=O) groups is 1. The lowest BCUT2D eigenvalue weighted by atomic mass is 10.1. The monoisotopic (exact) mass is 491 g/mol. The zero-order chi connectivity index (χ0) is 25.8. The van der Waals surface area contributed by atoms with Gasteiger partial charge in [-0.25, -0.2) is 19.9 Å². The minimum Gasteiger partial charge on any atom is -0.396 e. The molecule has 196 valence electrons. The van der Waals surface area contributed by atoms with E-state index >= 15 is 0 Å². The van der Waals surface area contributed by atoms with Gasteiger partial charge in [0.2, 0.25) is 0 Å². The van der Waals surface area contributed by atoms with Crippen molar-refractivity contribution >= 4 is 29.0 Å². The van der Waals surface area contributed by atoms with Crippen LogP contribution < -0.4 is 15.1 Å². The van der Waals surface area contributed by atoms with Gasteiger partial charge in [0, 0.05) is 53.6 Å². The van der Waals surface area contributed by atoms with E-state index in [0.717, 1.165) is 32.5 Å². The predicted molar refractivity (Wildman–Crippen MR) is 137 cm³/mol. The highest BCUT2D eigenvalue weighted by Gasteiger charge is 2.26. The Labute approximate surface area is 208 Å². The first-order chi connectivity index (χ1) is 17.0. The van der Waals surface area contributed by atoms with Crippen molar-refractivity contribution in [2.75, 3.05) is 69.9 Å². The summed E-state index contributed by atoms with van der Waals surface area (Å²) in [5.74, 6) is 2.49. The van der Waals surface area contributed by atoms with Crippen molar-refractivity contribution in [3.05, 3.63) is 11.6 Å². The van der Waals surface area contributed by atoms with E-state index in [1.54, 1.807) is 14.2 Å². The van der Waals surface area contributed by atoms with Crippen LogP contribution in [0.1, 0.15) is 64.4 Å². The fourth-order valence-electron chi connectivity index (χ4n) is 3.98. The van der Waals surface area contributed by atoms with Crippen LogP contribution in [0, 0.1) is 0 Å². The van der Waals surface area contributed by atoms with Crippen molar-refractivity contribution < 1.29 is 19.4 Å². The van der Waals surface area contributed by atoms with Crippen LogP contribution in [0.5, 0.6) is 0 Å². The molecule has 2 N–H and O–H groups in total. The number of anilines is 2. The number of aliphatic hydroxyl groups is 1. The number of rotatable bonds is 17. The van der Waals surface area contributed by atoms with Crippen molar-refractivity contribution in [1.82, 2.24) is 25.3 Å². The zero-order valence-corrected chi connectivity index (χ0v) is 22.0. The molecule has 0 saturated carbocycles. The lowest BCUT2D eigenvalue weighted by Crippen LogP contribution is -2.29. The van der Waals surface area contributed by atoms with Gasteiger partial charge in [-0.2, -0.15) is 0 Å². The summed E-state index contributed by atoms with van der Waals surface area (Å²) in [6.07, 6.45) is 1.19. The molecule has 0 amide bonds. The third-order valence-corrected chi connectivity index (χ3v) is 5.99. The van der Waals surface area contributed by atoms with Crippen LogP contribution in [0.25, 0.3) is 11.0 Å². The molecule has 0 aromatic carbocycles. The van der Waals surface area contributed by atoms with E-state index in [-0.39, 0.29) is 19.3 Å². The number of aldehydes is 1. The SMILES string of the molecule is CCN(CC)c1nc(C(CNCC=O)OC)nc2c(N(CC)CC)nc(C(CCCO)OC)nc12. The molecule has 2 aromatic heterocycles. The van der Waals surface area contributed by atoms with Gasteiger partial charge in [0.25, 0.3) is 0 Å². The number of aromatic nitrogens is 4. The highest BCUT2D eigenvalue weighted by Crippen LogP contribution is 2.33. The van der Waals surface area contributed by atoms with Gasteiger partial charge >= 0.3 is 0 Å². The average Bonchev–Trinajstić information content (AvgIpc) is 2.88. The second-order valence-electron chi connectivity index (χ2n) is 7.99. The Kier molecular flexibility index (Phi) is 12.2. The molecule has 0 spiro atoms. The Bertz CT molecular complexity index is 922. The maximum atomic E-state index is 10.8. The van der Waals surface area contributed by atoms with E-state index in [4.69, 9.17) is 29.4 Å². The minimum atomic E-state index is -0.450. The van der Waals surface area contributed by atoms with Gasteiger partial charge in [-0.15, -0.1) is 0 Å². The maximum absolute atomic E-state index is 10.8. The quantitative estimate of drug-likeness (QED) is 0.249. The molecule has 0 radical (unpaired) electrons. The normalized spacial score (nSPS) is 13.1. The number of nitrogens with zero attached hydrogens (tertiary/aromatic N) is 6. The van der Waals surface area contributed by atoms with Crippen LogP contribution in [-0.4, -0.2) is 91.4 Å². The standard InChI is InChI=1S/C24H41N7O4/c1-7-30(8-2)23-20-19(26-21(28-23)17(34-5)12-11-14-32)24(31(9-3)10-4)29-22(27-20)18(35-6)16-25-13-15-33/h15,17-18,25,32H,7-14,16H2,1-6H3. The average molecular weight is 492 g/mol. The molecule has 11 nitrogen and oxygen atoms in total. The summed E-state index contributed by atoms with van der Waals surface area (Å²) in [4.78, 5) is 34.7. The summed E-state index contributed by atoms with van der Waals surface area (Å²) >= 11 is 0. The van der Waals surface area contributed by atoms with Crippen LogP contribution in [0.3, 0.4) is 0 Å². The van der Waals surface area contributed by atoms with E-state index in [1.165, 1.54) is 0 Å². The topological polar surface area (TPSA) is 126 Å². The Morgan fingerprint density at radius 3 is 1.74 bits per heavy atom. The number of fused-ring (bicyclic) bond motifs is 1. The molecule has 2 rings (SSSR count). The molecule has 2 unspecified atom stereocenters. The molecular formula is C24H41N7O4. The van der Waals surface area contributed by atoms with Gasteiger partial charge in [-0.1, -0.05) is 0 Å². The smallest absolute Gasteiger partial charge is 0.161 e. The molecule has 2 heterocycles. The van der Waals surface area contributed by atoms with Gasteiger partial charge < -0.3 is 34.5 Å².